The van der Waals surface area contributed by atoms with E-state index in [-0.39, 0.29) is 23.6 Å². The van der Waals surface area contributed by atoms with Gasteiger partial charge in [0.2, 0.25) is 5.91 Å². The topological polar surface area (TPSA) is 55.1 Å². The highest BCUT2D eigenvalue weighted by Crippen LogP contribution is 2.29. The van der Waals surface area contributed by atoms with Gasteiger partial charge < -0.3 is 11.1 Å². The minimum Gasteiger partial charge on any atom is -0.327 e. The molecule has 3 nitrogen and oxygen atoms in total. The molecular weight excluding hydrogens is 183 g/mol. The van der Waals surface area contributed by atoms with E-state index in [1.807, 2.05) is 0 Å². The first-order valence-corrected chi connectivity index (χ1v) is 4.49. The number of carbonyl (C=O) groups is 1. The van der Waals surface area contributed by atoms with Gasteiger partial charge in [0.15, 0.2) is 0 Å². The highest BCUT2D eigenvalue weighted by atomic mass is 19.1. The normalized spacial score (nSPS) is 24.4. The maximum atomic E-state index is 13.1. The summed E-state index contributed by atoms with van der Waals surface area (Å²) >= 11 is 0. The Hall–Kier alpha value is -1.42. The van der Waals surface area contributed by atoms with Crippen LogP contribution in [0.2, 0.25) is 0 Å². The van der Waals surface area contributed by atoms with Crippen LogP contribution in [0.5, 0.6) is 0 Å². The predicted octanol–water partition coefficient (Wildman–Crippen LogP) is 1.11. The molecule has 4 heteroatoms. The predicted molar refractivity (Wildman–Crippen MR) is 51.1 cm³/mol. The molecule has 1 amide bonds. The summed E-state index contributed by atoms with van der Waals surface area (Å²) in [6.45, 7) is 0. The van der Waals surface area contributed by atoms with E-state index in [1.165, 1.54) is 12.1 Å². The zero-order valence-corrected chi connectivity index (χ0v) is 7.53. The van der Waals surface area contributed by atoms with Crippen molar-refractivity contribution in [1.82, 2.24) is 0 Å². The minimum atomic E-state index is -0.421. The number of nitrogens with two attached hydrogens (primary N) is 1. The number of rotatable bonds is 2. The molecule has 1 aliphatic rings. The molecule has 1 aromatic rings. The fourth-order valence-electron chi connectivity index (χ4n) is 1.30. The van der Waals surface area contributed by atoms with Gasteiger partial charge >= 0.3 is 0 Å². The number of amides is 1. The molecule has 74 valence electrons. The maximum absolute atomic E-state index is 13.1. The van der Waals surface area contributed by atoms with Crippen molar-refractivity contribution < 1.29 is 9.18 Å². The van der Waals surface area contributed by atoms with Crippen molar-refractivity contribution in [3.63, 3.8) is 0 Å². The van der Waals surface area contributed by atoms with E-state index < -0.39 is 5.82 Å². The first-order valence-electron chi connectivity index (χ1n) is 4.49. The van der Waals surface area contributed by atoms with Crippen LogP contribution in [0.4, 0.5) is 10.1 Å². The molecule has 0 radical (unpaired) electrons. The number of hydrogen-bond acceptors (Lipinski definition) is 2. The number of anilines is 1. The number of hydrogen-bond donors (Lipinski definition) is 2. The van der Waals surface area contributed by atoms with Gasteiger partial charge in [-0.2, -0.15) is 0 Å². The van der Waals surface area contributed by atoms with Crippen molar-refractivity contribution in [3.05, 3.63) is 30.1 Å². The Morgan fingerprint density at radius 2 is 2.14 bits per heavy atom. The van der Waals surface area contributed by atoms with Crippen LogP contribution in [0.3, 0.4) is 0 Å². The van der Waals surface area contributed by atoms with Crippen LogP contribution in [-0.4, -0.2) is 11.9 Å². The highest BCUT2D eigenvalue weighted by Gasteiger charge is 2.40. The Morgan fingerprint density at radius 3 is 2.71 bits per heavy atom. The van der Waals surface area contributed by atoms with Gasteiger partial charge in [-0.3, -0.25) is 4.79 Å². The molecule has 1 saturated carbocycles. The second-order valence-corrected chi connectivity index (χ2v) is 3.48. The summed E-state index contributed by atoms with van der Waals surface area (Å²) in [7, 11) is 0. The molecule has 2 rings (SSSR count). The molecule has 1 aromatic carbocycles. The quantitative estimate of drug-likeness (QED) is 0.741. The summed E-state index contributed by atoms with van der Waals surface area (Å²) in [4.78, 5) is 11.4. The average Bonchev–Trinajstić information content (AvgIpc) is 2.87. The molecule has 0 aliphatic heterocycles. The summed E-state index contributed by atoms with van der Waals surface area (Å²) in [5.41, 5.74) is 5.72. The molecule has 0 spiro atoms. The van der Waals surface area contributed by atoms with Crippen LogP contribution >= 0.6 is 0 Å². The maximum Gasteiger partial charge on any atom is 0.229 e. The lowest BCUT2D eigenvalue weighted by Crippen LogP contribution is -2.19. The van der Waals surface area contributed by atoms with Crippen molar-refractivity contribution >= 4 is 11.6 Å². The Morgan fingerprint density at radius 1 is 1.50 bits per heavy atom. The minimum absolute atomic E-state index is 0.0539. The molecule has 0 saturated heterocycles. The Labute approximate surface area is 81.1 Å². The van der Waals surface area contributed by atoms with Gasteiger partial charge in [-0.15, -0.1) is 0 Å². The third-order valence-electron chi connectivity index (χ3n) is 2.31. The first-order chi connectivity index (χ1) is 6.68. The number of nitrogens with one attached hydrogen (secondary N) is 1. The zero-order valence-electron chi connectivity index (χ0n) is 7.53. The van der Waals surface area contributed by atoms with Gasteiger partial charge in [-0.1, -0.05) is 12.1 Å². The van der Waals surface area contributed by atoms with Crippen LogP contribution in [0.15, 0.2) is 24.3 Å². The van der Waals surface area contributed by atoms with Crippen LogP contribution in [0, 0.1) is 11.7 Å². The summed E-state index contributed by atoms with van der Waals surface area (Å²) in [5, 5.41) is 2.51. The van der Waals surface area contributed by atoms with Crippen LogP contribution in [0.1, 0.15) is 6.42 Å². The lowest BCUT2D eigenvalue weighted by molar-refractivity contribution is -0.117. The van der Waals surface area contributed by atoms with Crippen molar-refractivity contribution in [2.75, 3.05) is 5.32 Å². The van der Waals surface area contributed by atoms with E-state index in [9.17, 15) is 9.18 Å². The average molecular weight is 194 g/mol. The van der Waals surface area contributed by atoms with Crippen LogP contribution in [-0.2, 0) is 4.79 Å². The SMILES string of the molecule is NC1CC1C(=O)Nc1ccccc1F. The van der Waals surface area contributed by atoms with Crippen molar-refractivity contribution in [3.8, 4) is 0 Å². The summed E-state index contributed by atoms with van der Waals surface area (Å²) < 4.78 is 13.1. The van der Waals surface area contributed by atoms with Gasteiger partial charge in [-0.25, -0.2) is 4.39 Å². The molecule has 2 atom stereocenters. The Balaban J connectivity index is 2.04. The van der Waals surface area contributed by atoms with Crippen molar-refractivity contribution in [2.24, 2.45) is 11.7 Å². The molecule has 1 fully saturated rings. The molecule has 2 unspecified atom stereocenters. The highest BCUT2D eigenvalue weighted by molar-refractivity contribution is 5.94. The van der Waals surface area contributed by atoms with E-state index in [0.29, 0.717) is 6.42 Å². The second-order valence-electron chi connectivity index (χ2n) is 3.48. The number of benzene rings is 1. The Kier molecular flexibility index (Phi) is 2.21. The molecule has 0 aromatic heterocycles. The lowest BCUT2D eigenvalue weighted by Gasteiger charge is -2.04. The molecular formula is C10H11FN2O. The number of para-hydroxylation sites is 1. The lowest BCUT2D eigenvalue weighted by atomic mass is 10.3. The Bertz CT molecular complexity index is 367. The van der Waals surface area contributed by atoms with E-state index in [4.69, 9.17) is 5.73 Å². The van der Waals surface area contributed by atoms with Crippen molar-refractivity contribution in [2.45, 2.75) is 12.5 Å². The molecule has 0 heterocycles. The molecule has 0 bridgehead atoms. The van der Waals surface area contributed by atoms with Crippen molar-refractivity contribution in [1.29, 1.82) is 0 Å². The van der Waals surface area contributed by atoms with E-state index >= 15 is 0 Å². The van der Waals surface area contributed by atoms with Gasteiger partial charge in [-0.05, 0) is 18.6 Å². The molecule has 14 heavy (non-hydrogen) atoms. The second kappa shape index (κ2) is 3.38. The monoisotopic (exact) mass is 194 g/mol. The zero-order chi connectivity index (χ0) is 10.1. The fraction of sp³-hybridized carbons (Fsp3) is 0.300. The molecule has 3 N–H and O–H groups in total. The number of halogens is 1. The van der Waals surface area contributed by atoms with E-state index in [2.05, 4.69) is 5.32 Å². The summed E-state index contributed by atoms with van der Waals surface area (Å²) in [6.07, 6.45) is 0.695. The van der Waals surface area contributed by atoms with E-state index in [1.54, 1.807) is 12.1 Å². The summed E-state index contributed by atoms with van der Waals surface area (Å²) in [6, 6.07) is 6.03. The van der Waals surface area contributed by atoms with Gasteiger partial charge in [0.1, 0.15) is 5.82 Å². The van der Waals surface area contributed by atoms with Gasteiger partial charge in [0.05, 0.1) is 11.6 Å². The summed E-state index contributed by atoms with van der Waals surface area (Å²) in [5.74, 6) is -0.757. The first kappa shape index (κ1) is 9.15. The van der Waals surface area contributed by atoms with Gasteiger partial charge in [0, 0.05) is 6.04 Å². The van der Waals surface area contributed by atoms with E-state index in [0.717, 1.165) is 0 Å². The molecule has 1 aliphatic carbocycles. The fourth-order valence-corrected chi connectivity index (χ4v) is 1.30. The van der Waals surface area contributed by atoms with Gasteiger partial charge in [0.25, 0.3) is 0 Å². The van der Waals surface area contributed by atoms with Crippen LogP contribution < -0.4 is 11.1 Å². The smallest absolute Gasteiger partial charge is 0.229 e. The third-order valence-corrected chi connectivity index (χ3v) is 2.31. The standard InChI is InChI=1S/C10H11FN2O/c11-7-3-1-2-4-9(7)13-10(14)6-5-8(6)12/h1-4,6,8H,5,12H2,(H,13,14). The van der Waals surface area contributed by atoms with Crippen LogP contribution in [0.25, 0.3) is 0 Å². The third kappa shape index (κ3) is 1.75. The largest absolute Gasteiger partial charge is 0.327 e. The number of carbonyl (C=O) groups excluding carboxylic acids is 1.